The van der Waals surface area contributed by atoms with Gasteiger partial charge in [0.25, 0.3) is 0 Å². The molecule has 0 aliphatic rings. The molecule has 0 saturated heterocycles. The summed E-state index contributed by atoms with van der Waals surface area (Å²) in [6, 6.07) is 13.7. The number of carbonyl (C=O) groups is 1. The number of likely N-dealkylation sites (N-methyl/N-ethyl adjacent to an activating group) is 1. The first-order chi connectivity index (χ1) is 10.7. The highest BCUT2D eigenvalue weighted by atomic mass is 19.1. The molecule has 1 amide bonds. The van der Waals surface area contributed by atoms with Crippen molar-refractivity contribution in [3.8, 4) is 5.75 Å². The van der Waals surface area contributed by atoms with Gasteiger partial charge >= 0.3 is 0 Å². The first-order valence-corrected chi connectivity index (χ1v) is 7.10. The smallest absolute Gasteiger partial charge is 0.243 e. The summed E-state index contributed by atoms with van der Waals surface area (Å²) in [5.41, 5.74) is 1.68. The molecule has 2 rings (SSSR count). The van der Waals surface area contributed by atoms with Gasteiger partial charge in [0, 0.05) is 12.6 Å². The Hall–Kier alpha value is -2.62. The molecular formula is C18H18FNO2. The van der Waals surface area contributed by atoms with Gasteiger partial charge < -0.3 is 10.1 Å². The highest BCUT2D eigenvalue weighted by Gasteiger charge is 1.98. The number of hydrogen-bond donors (Lipinski definition) is 1. The van der Waals surface area contributed by atoms with E-state index in [2.05, 4.69) is 5.32 Å². The van der Waals surface area contributed by atoms with Crippen LogP contribution < -0.4 is 10.1 Å². The Kier molecular flexibility index (Phi) is 5.72. The van der Waals surface area contributed by atoms with Crippen molar-refractivity contribution in [2.75, 3.05) is 6.54 Å². The molecule has 114 valence electrons. The van der Waals surface area contributed by atoms with E-state index in [4.69, 9.17) is 4.74 Å². The molecule has 0 aliphatic heterocycles. The van der Waals surface area contributed by atoms with Gasteiger partial charge in [0.1, 0.15) is 18.2 Å². The Morgan fingerprint density at radius 3 is 2.68 bits per heavy atom. The van der Waals surface area contributed by atoms with Crippen molar-refractivity contribution in [1.82, 2.24) is 5.32 Å². The predicted octanol–water partition coefficient (Wildman–Crippen LogP) is 3.55. The summed E-state index contributed by atoms with van der Waals surface area (Å²) in [7, 11) is 0. The van der Waals surface area contributed by atoms with Crippen LogP contribution >= 0.6 is 0 Å². The third-order valence-electron chi connectivity index (χ3n) is 2.95. The third kappa shape index (κ3) is 5.05. The van der Waals surface area contributed by atoms with Crippen molar-refractivity contribution in [3.63, 3.8) is 0 Å². The Balaban J connectivity index is 1.90. The van der Waals surface area contributed by atoms with Crippen LogP contribution in [0.15, 0.2) is 54.6 Å². The van der Waals surface area contributed by atoms with Crippen molar-refractivity contribution in [2.24, 2.45) is 0 Å². The number of nitrogens with one attached hydrogen (secondary N) is 1. The van der Waals surface area contributed by atoms with Gasteiger partial charge in [-0.05, 0) is 48.4 Å². The van der Waals surface area contributed by atoms with Crippen LogP contribution in [0.1, 0.15) is 18.1 Å². The van der Waals surface area contributed by atoms with Crippen LogP contribution in [0, 0.1) is 5.82 Å². The minimum atomic E-state index is -0.271. The molecule has 22 heavy (non-hydrogen) atoms. The molecule has 0 atom stereocenters. The zero-order valence-electron chi connectivity index (χ0n) is 12.4. The van der Waals surface area contributed by atoms with Crippen molar-refractivity contribution in [2.45, 2.75) is 13.5 Å². The largest absolute Gasteiger partial charge is 0.489 e. The highest BCUT2D eigenvalue weighted by molar-refractivity contribution is 5.91. The summed E-state index contributed by atoms with van der Waals surface area (Å²) in [6.07, 6.45) is 3.23. The van der Waals surface area contributed by atoms with Crippen LogP contribution in [0.4, 0.5) is 4.39 Å². The van der Waals surface area contributed by atoms with E-state index in [1.807, 2.05) is 37.3 Å². The average Bonchev–Trinajstić information content (AvgIpc) is 2.52. The fourth-order valence-corrected chi connectivity index (χ4v) is 1.87. The number of carbonyl (C=O) groups excluding carboxylic acids is 1. The van der Waals surface area contributed by atoms with E-state index in [-0.39, 0.29) is 11.7 Å². The van der Waals surface area contributed by atoms with E-state index in [1.165, 1.54) is 18.2 Å². The second-order valence-electron chi connectivity index (χ2n) is 4.72. The van der Waals surface area contributed by atoms with E-state index >= 15 is 0 Å². The Bertz CT molecular complexity index is 650. The lowest BCUT2D eigenvalue weighted by Crippen LogP contribution is -2.19. The second-order valence-corrected chi connectivity index (χ2v) is 4.72. The molecular weight excluding hydrogens is 281 g/mol. The zero-order valence-corrected chi connectivity index (χ0v) is 12.4. The molecule has 0 aromatic heterocycles. The Labute approximate surface area is 129 Å². The SMILES string of the molecule is CCNC(=O)/C=C/c1ccc(OCc2cccc(F)c2)cc1. The monoisotopic (exact) mass is 299 g/mol. The highest BCUT2D eigenvalue weighted by Crippen LogP contribution is 2.15. The lowest BCUT2D eigenvalue weighted by atomic mass is 10.2. The van der Waals surface area contributed by atoms with Crippen molar-refractivity contribution < 1.29 is 13.9 Å². The van der Waals surface area contributed by atoms with Crippen molar-refractivity contribution >= 4 is 12.0 Å². The van der Waals surface area contributed by atoms with Gasteiger partial charge in [-0.15, -0.1) is 0 Å². The van der Waals surface area contributed by atoms with E-state index in [1.54, 1.807) is 12.1 Å². The molecule has 4 heteroatoms. The standard InChI is InChI=1S/C18H18FNO2/c1-2-20-18(21)11-8-14-6-9-17(10-7-14)22-13-15-4-3-5-16(19)12-15/h3-12H,2,13H2,1H3,(H,20,21)/b11-8+. The molecule has 0 spiro atoms. The van der Waals surface area contributed by atoms with E-state index in [0.29, 0.717) is 18.9 Å². The summed E-state index contributed by atoms with van der Waals surface area (Å²) in [5.74, 6) is 0.306. The lowest BCUT2D eigenvalue weighted by Gasteiger charge is -2.06. The molecule has 3 nitrogen and oxygen atoms in total. The topological polar surface area (TPSA) is 38.3 Å². The zero-order chi connectivity index (χ0) is 15.8. The third-order valence-corrected chi connectivity index (χ3v) is 2.95. The second kappa shape index (κ2) is 7.98. The van der Waals surface area contributed by atoms with Crippen LogP contribution in [0.3, 0.4) is 0 Å². The first-order valence-electron chi connectivity index (χ1n) is 7.10. The van der Waals surface area contributed by atoms with Gasteiger partial charge in [-0.25, -0.2) is 4.39 Å². The van der Waals surface area contributed by atoms with Gasteiger partial charge in [-0.3, -0.25) is 4.79 Å². The van der Waals surface area contributed by atoms with E-state index in [9.17, 15) is 9.18 Å². The van der Waals surface area contributed by atoms with E-state index < -0.39 is 0 Å². The molecule has 0 heterocycles. The fourth-order valence-electron chi connectivity index (χ4n) is 1.87. The molecule has 2 aromatic rings. The van der Waals surface area contributed by atoms with Crippen molar-refractivity contribution in [1.29, 1.82) is 0 Å². The van der Waals surface area contributed by atoms with Gasteiger partial charge in [0.2, 0.25) is 5.91 Å². The summed E-state index contributed by atoms with van der Waals surface area (Å²) < 4.78 is 18.7. The van der Waals surface area contributed by atoms with Gasteiger partial charge in [-0.1, -0.05) is 24.3 Å². The molecule has 0 unspecified atom stereocenters. The first kappa shape index (κ1) is 15.8. The van der Waals surface area contributed by atoms with E-state index in [0.717, 1.165) is 11.1 Å². The number of rotatable bonds is 6. The minimum absolute atomic E-state index is 0.117. The molecule has 0 fully saturated rings. The van der Waals surface area contributed by atoms with Crippen LogP contribution in [-0.4, -0.2) is 12.5 Å². The van der Waals surface area contributed by atoms with Crippen LogP contribution in [-0.2, 0) is 11.4 Å². The molecule has 0 aliphatic carbocycles. The quantitative estimate of drug-likeness (QED) is 0.828. The number of halogens is 1. The molecule has 1 N–H and O–H groups in total. The summed E-state index contributed by atoms with van der Waals surface area (Å²) in [5, 5.41) is 2.69. The summed E-state index contributed by atoms with van der Waals surface area (Å²) in [6.45, 7) is 2.79. The van der Waals surface area contributed by atoms with Crippen LogP contribution in [0.2, 0.25) is 0 Å². The number of hydrogen-bond acceptors (Lipinski definition) is 2. The van der Waals surface area contributed by atoms with Crippen LogP contribution in [0.25, 0.3) is 6.08 Å². The fraction of sp³-hybridized carbons (Fsp3) is 0.167. The molecule has 0 bridgehead atoms. The lowest BCUT2D eigenvalue weighted by molar-refractivity contribution is -0.116. The normalized spacial score (nSPS) is 10.6. The maximum atomic E-state index is 13.1. The van der Waals surface area contributed by atoms with Crippen LogP contribution in [0.5, 0.6) is 5.75 Å². The Morgan fingerprint density at radius 2 is 2.00 bits per heavy atom. The minimum Gasteiger partial charge on any atom is -0.489 e. The average molecular weight is 299 g/mol. The summed E-state index contributed by atoms with van der Waals surface area (Å²) >= 11 is 0. The summed E-state index contributed by atoms with van der Waals surface area (Å²) in [4.78, 5) is 11.3. The number of ether oxygens (including phenoxy) is 1. The van der Waals surface area contributed by atoms with Gasteiger partial charge in [0.15, 0.2) is 0 Å². The Morgan fingerprint density at radius 1 is 1.23 bits per heavy atom. The molecule has 2 aromatic carbocycles. The number of amides is 1. The molecule has 0 radical (unpaired) electrons. The van der Waals surface area contributed by atoms with Crippen molar-refractivity contribution in [3.05, 3.63) is 71.6 Å². The predicted molar refractivity (Wildman–Crippen MR) is 84.9 cm³/mol. The molecule has 0 saturated carbocycles. The maximum absolute atomic E-state index is 13.1. The van der Waals surface area contributed by atoms with Gasteiger partial charge in [-0.2, -0.15) is 0 Å². The van der Waals surface area contributed by atoms with Gasteiger partial charge in [0.05, 0.1) is 0 Å². The number of benzene rings is 2. The maximum Gasteiger partial charge on any atom is 0.243 e.